The van der Waals surface area contributed by atoms with Crippen LogP contribution in [-0.2, 0) is 4.74 Å². The topological polar surface area (TPSA) is 47.1 Å². The highest BCUT2D eigenvalue weighted by molar-refractivity contribution is 5.76. The van der Waals surface area contributed by atoms with Crippen molar-refractivity contribution >= 4 is 5.57 Å². The zero-order valence-corrected chi connectivity index (χ0v) is 12.8. The Morgan fingerprint density at radius 3 is 2.43 bits per heavy atom. The first-order valence-corrected chi connectivity index (χ1v) is 6.73. The Morgan fingerprint density at radius 2 is 1.81 bits per heavy atom. The van der Waals surface area contributed by atoms with Crippen LogP contribution < -0.4 is 4.74 Å². The van der Waals surface area contributed by atoms with Gasteiger partial charge in [-0.2, -0.15) is 0 Å². The molecule has 0 saturated carbocycles. The number of hydrogen-bond acceptors (Lipinski definition) is 3. The number of hydrogen-bond donors (Lipinski definition) is 1. The highest BCUT2D eigenvalue weighted by Crippen LogP contribution is 2.27. The molecule has 0 aliphatic rings. The number of benzene rings is 1. The van der Waals surface area contributed by atoms with E-state index in [-0.39, 0.29) is 0 Å². The number of rotatable bonds is 5. The summed E-state index contributed by atoms with van der Waals surface area (Å²) >= 11 is 0. The Bertz CT molecular complexity index is 652. The van der Waals surface area contributed by atoms with E-state index in [0.717, 1.165) is 34.0 Å². The first-order chi connectivity index (χ1) is 10.2. The summed E-state index contributed by atoms with van der Waals surface area (Å²) in [5.41, 5.74) is 4.07. The molecule has 1 aromatic carbocycles. The molecule has 2 rings (SSSR count). The smallest absolute Gasteiger partial charge is 0.118 e. The Morgan fingerprint density at radius 1 is 1.10 bits per heavy atom. The van der Waals surface area contributed by atoms with Crippen molar-refractivity contribution in [3.05, 3.63) is 54.2 Å². The minimum atomic E-state index is 0.839. The summed E-state index contributed by atoms with van der Waals surface area (Å²) in [4.78, 5) is 7.61. The van der Waals surface area contributed by atoms with Crippen LogP contribution in [-0.4, -0.2) is 24.2 Å². The maximum Gasteiger partial charge on any atom is 0.118 e. The van der Waals surface area contributed by atoms with E-state index in [1.165, 1.54) is 0 Å². The molecule has 1 N–H and O–H groups in total. The molecule has 1 heterocycles. The third-order valence-electron chi connectivity index (χ3n) is 3.28. The second-order valence-corrected chi connectivity index (χ2v) is 4.69. The zero-order valence-electron chi connectivity index (χ0n) is 12.8. The highest BCUT2D eigenvalue weighted by Gasteiger charge is 2.09. The molecule has 0 amide bonds. The number of nitrogens with one attached hydrogen (secondary N) is 1. The molecule has 0 atom stereocenters. The molecule has 0 bridgehead atoms. The molecule has 0 fully saturated rings. The van der Waals surface area contributed by atoms with Gasteiger partial charge in [0, 0.05) is 5.56 Å². The third kappa shape index (κ3) is 3.54. The number of aromatic amines is 1. The number of imidazole rings is 1. The maximum atomic E-state index is 5.18. The predicted molar refractivity (Wildman–Crippen MR) is 85.0 cm³/mol. The summed E-state index contributed by atoms with van der Waals surface area (Å²) in [5.74, 6) is 1.70. The minimum absolute atomic E-state index is 0.839. The fourth-order valence-electron chi connectivity index (χ4n) is 1.96. The van der Waals surface area contributed by atoms with Crippen molar-refractivity contribution in [2.75, 3.05) is 14.2 Å². The number of methoxy groups -OCH3 is 2. The minimum Gasteiger partial charge on any atom is -0.501 e. The van der Waals surface area contributed by atoms with Crippen molar-refractivity contribution in [2.45, 2.75) is 13.8 Å². The van der Waals surface area contributed by atoms with E-state index in [1.54, 1.807) is 20.5 Å². The van der Waals surface area contributed by atoms with E-state index in [0.29, 0.717) is 0 Å². The average Bonchev–Trinajstić information content (AvgIpc) is 3.01. The van der Waals surface area contributed by atoms with Crippen molar-refractivity contribution in [2.24, 2.45) is 0 Å². The number of aromatic nitrogens is 2. The monoisotopic (exact) mass is 284 g/mol. The standard InChI is InChI=1S/C17H20N2O2/c1-12(5-6-13(2)20-3)16-17(19-11-18-16)14-7-9-15(21-4)10-8-14/h5-11H,1-4H3,(H,18,19)/b12-5+,13-6+. The quantitative estimate of drug-likeness (QED) is 0.666. The number of ether oxygens (including phenoxy) is 2. The fourth-order valence-corrected chi connectivity index (χ4v) is 1.96. The number of allylic oxidation sites excluding steroid dienone is 4. The Kier molecular flexibility index (Phi) is 4.82. The molecule has 4 nitrogen and oxygen atoms in total. The molecule has 0 unspecified atom stereocenters. The summed E-state index contributed by atoms with van der Waals surface area (Å²) < 4.78 is 10.3. The van der Waals surface area contributed by atoms with Crippen LogP contribution in [0.5, 0.6) is 5.75 Å². The van der Waals surface area contributed by atoms with Crippen molar-refractivity contribution in [1.82, 2.24) is 9.97 Å². The molecule has 0 aliphatic heterocycles. The van der Waals surface area contributed by atoms with Crippen LogP contribution in [0.15, 0.2) is 48.5 Å². The number of nitrogens with zero attached hydrogens (tertiary/aromatic N) is 1. The molecule has 21 heavy (non-hydrogen) atoms. The second-order valence-electron chi connectivity index (χ2n) is 4.69. The van der Waals surface area contributed by atoms with Crippen molar-refractivity contribution in [3.8, 4) is 17.0 Å². The van der Waals surface area contributed by atoms with Gasteiger partial charge in [-0.3, -0.25) is 0 Å². The zero-order chi connectivity index (χ0) is 15.2. The molecular weight excluding hydrogens is 264 g/mol. The van der Waals surface area contributed by atoms with Crippen LogP contribution in [0.1, 0.15) is 19.5 Å². The molecule has 4 heteroatoms. The summed E-state index contributed by atoms with van der Waals surface area (Å²) in [6.07, 6.45) is 5.64. The lowest BCUT2D eigenvalue weighted by molar-refractivity contribution is 0.294. The van der Waals surface area contributed by atoms with Gasteiger partial charge in [0.25, 0.3) is 0 Å². The lowest BCUT2D eigenvalue weighted by Gasteiger charge is -2.05. The van der Waals surface area contributed by atoms with Crippen LogP contribution in [0, 0.1) is 0 Å². The summed E-state index contributed by atoms with van der Waals surface area (Å²) in [6.45, 7) is 3.95. The van der Waals surface area contributed by atoms with Crippen LogP contribution in [0.3, 0.4) is 0 Å². The first kappa shape index (κ1) is 14.9. The van der Waals surface area contributed by atoms with E-state index >= 15 is 0 Å². The third-order valence-corrected chi connectivity index (χ3v) is 3.28. The van der Waals surface area contributed by atoms with Crippen molar-refractivity contribution in [1.29, 1.82) is 0 Å². The lowest BCUT2D eigenvalue weighted by Crippen LogP contribution is -1.87. The Balaban J connectivity index is 2.33. The maximum absolute atomic E-state index is 5.18. The van der Waals surface area contributed by atoms with Crippen LogP contribution >= 0.6 is 0 Å². The summed E-state index contributed by atoms with van der Waals surface area (Å²) in [7, 11) is 3.32. The SMILES string of the molecule is CO/C(C)=C/C=C(\C)c1nc[nH]c1-c1ccc(OC)cc1. The largest absolute Gasteiger partial charge is 0.501 e. The van der Waals surface area contributed by atoms with Gasteiger partial charge in [0.1, 0.15) is 5.75 Å². The average molecular weight is 284 g/mol. The van der Waals surface area contributed by atoms with Crippen molar-refractivity contribution < 1.29 is 9.47 Å². The van der Waals surface area contributed by atoms with Gasteiger partial charge in [0.2, 0.25) is 0 Å². The molecule has 1 aromatic heterocycles. The van der Waals surface area contributed by atoms with Gasteiger partial charge >= 0.3 is 0 Å². The van der Waals surface area contributed by atoms with Crippen LogP contribution in [0.4, 0.5) is 0 Å². The summed E-state index contributed by atoms with van der Waals surface area (Å²) in [6, 6.07) is 7.90. The Labute approximate surface area is 125 Å². The first-order valence-electron chi connectivity index (χ1n) is 6.73. The van der Waals surface area contributed by atoms with Gasteiger partial charge in [-0.05, 0) is 49.8 Å². The molecule has 0 radical (unpaired) electrons. The highest BCUT2D eigenvalue weighted by atomic mass is 16.5. The predicted octanol–water partition coefficient (Wildman–Crippen LogP) is 4.04. The van der Waals surface area contributed by atoms with E-state index in [9.17, 15) is 0 Å². The molecule has 0 spiro atoms. The van der Waals surface area contributed by atoms with E-state index in [1.807, 2.05) is 50.3 Å². The fraction of sp³-hybridized carbons (Fsp3) is 0.235. The van der Waals surface area contributed by atoms with Crippen LogP contribution in [0.25, 0.3) is 16.8 Å². The van der Waals surface area contributed by atoms with Gasteiger partial charge in [-0.25, -0.2) is 4.98 Å². The lowest BCUT2D eigenvalue weighted by atomic mass is 10.1. The van der Waals surface area contributed by atoms with Crippen LogP contribution in [0.2, 0.25) is 0 Å². The molecule has 0 saturated heterocycles. The van der Waals surface area contributed by atoms with Crippen molar-refractivity contribution in [3.63, 3.8) is 0 Å². The van der Waals surface area contributed by atoms with E-state index < -0.39 is 0 Å². The van der Waals surface area contributed by atoms with Gasteiger partial charge in [0.05, 0.1) is 37.7 Å². The normalized spacial score (nSPS) is 12.4. The molecule has 0 aliphatic carbocycles. The van der Waals surface area contributed by atoms with E-state index in [4.69, 9.17) is 9.47 Å². The molecule has 110 valence electrons. The van der Waals surface area contributed by atoms with E-state index in [2.05, 4.69) is 9.97 Å². The Hall–Kier alpha value is -2.49. The molecular formula is C17H20N2O2. The second kappa shape index (κ2) is 6.79. The van der Waals surface area contributed by atoms with Gasteiger partial charge in [0.15, 0.2) is 0 Å². The number of H-pyrrole nitrogens is 1. The van der Waals surface area contributed by atoms with Gasteiger partial charge < -0.3 is 14.5 Å². The summed E-state index contributed by atoms with van der Waals surface area (Å²) in [5, 5.41) is 0. The molecule has 2 aromatic rings. The van der Waals surface area contributed by atoms with Gasteiger partial charge in [-0.15, -0.1) is 0 Å². The van der Waals surface area contributed by atoms with Gasteiger partial charge in [-0.1, -0.05) is 6.08 Å².